The molecule has 0 saturated carbocycles. The predicted molar refractivity (Wildman–Crippen MR) is 78.4 cm³/mol. The summed E-state index contributed by atoms with van der Waals surface area (Å²) >= 11 is 5.78. The Bertz CT molecular complexity index is 817. The van der Waals surface area contributed by atoms with Crippen LogP contribution in [0.1, 0.15) is 5.56 Å². The van der Waals surface area contributed by atoms with Gasteiger partial charge in [0, 0.05) is 24.9 Å². The summed E-state index contributed by atoms with van der Waals surface area (Å²) in [4.78, 5) is 14.5. The third kappa shape index (κ3) is 2.77. The van der Waals surface area contributed by atoms with Gasteiger partial charge < -0.3 is 5.32 Å². The molecule has 0 amide bonds. The number of anilines is 1. The first-order chi connectivity index (χ1) is 10.1. The minimum absolute atomic E-state index is 0.0676. The Labute approximate surface area is 124 Å². The van der Waals surface area contributed by atoms with Crippen molar-refractivity contribution in [3.63, 3.8) is 0 Å². The molecule has 0 saturated heterocycles. The van der Waals surface area contributed by atoms with E-state index in [0.717, 1.165) is 11.3 Å². The summed E-state index contributed by atoms with van der Waals surface area (Å²) in [7, 11) is 0. The number of hydrogen-bond donors (Lipinski definition) is 1. The summed E-state index contributed by atoms with van der Waals surface area (Å²) in [5, 5.41) is 18.1. The Morgan fingerprint density at radius 2 is 2.19 bits per heavy atom. The lowest BCUT2D eigenvalue weighted by Gasteiger charge is -2.07. The predicted octanol–water partition coefficient (Wildman–Crippen LogP) is 2.90. The summed E-state index contributed by atoms with van der Waals surface area (Å²) in [5.41, 5.74) is 2.23. The van der Waals surface area contributed by atoms with Crippen molar-refractivity contribution in [2.75, 3.05) is 5.32 Å². The Balaban J connectivity index is 1.83. The van der Waals surface area contributed by atoms with Gasteiger partial charge in [-0.3, -0.25) is 10.1 Å². The molecular weight excluding hydrogens is 294 g/mol. The summed E-state index contributed by atoms with van der Waals surface area (Å²) < 4.78 is 1.57. The molecule has 0 aliphatic carbocycles. The first kappa shape index (κ1) is 13.3. The minimum atomic E-state index is -0.414. The number of nitro groups is 1. The number of nitrogens with zero attached hydrogens (tertiary/aromatic N) is 4. The van der Waals surface area contributed by atoms with Crippen LogP contribution in [0.3, 0.4) is 0 Å². The summed E-state index contributed by atoms with van der Waals surface area (Å²) in [6.07, 6.45) is 1.74. The number of halogens is 1. The van der Waals surface area contributed by atoms with Crippen LogP contribution in [-0.4, -0.2) is 19.5 Å². The quantitative estimate of drug-likeness (QED) is 0.591. The van der Waals surface area contributed by atoms with Gasteiger partial charge in [-0.15, -0.1) is 5.10 Å². The van der Waals surface area contributed by atoms with E-state index in [0.29, 0.717) is 12.2 Å². The number of fused-ring (bicyclic) bond motifs is 1. The van der Waals surface area contributed by atoms with Crippen molar-refractivity contribution in [2.24, 2.45) is 0 Å². The van der Waals surface area contributed by atoms with Crippen LogP contribution in [0.15, 0.2) is 42.6 Å². The fraction of sp³-hybridized carbons (Fsp3) is 0.0769. The van der Waals surface area contributed by atoms with Gasteiger partial charge in [0.05, 0.1) is 10.6 Å². The third-order valence-electron chi connectivity index (χ3n) is 2.94. The maximum absolute atomic E-state index is 10.8. The summed E-state index contributed by atoms with van der Waals surface area (Å²) in [5.74, 6) is 0. The second kappa shape index (κ2) is 5.37. The SMILES string of the molecule is O=[N+]([O-])c1cccc(CNc2cccn3nc(Cl)nc23)c1. The summed E-state index contributed by atoms with van der Waals surface area (Å²) in [6, 6.07) is 10.1. The molecule has 2 aromatic heterocycles. The largest absolute Gasteiger partial charge is 0.378 e. The number of nitrogens with one attached hydrogen (secondary N) is 1. The molecule has 8 heteroatoms. The van der Waals surface area contributed by atoms with Crippen LogP contribution in [0.4, 0.5) is 11.4 Å². The van der Waals surface area contributed by atoms with E-state index in [-0.39, 0.29) is 11.0 Å². The van der Waals surface area contributed by atoms with Crippen molar-refractivity contribution in [3.8, 4) is 0 Å². The van der Waals surface area contributed by atoms with E-state index in [2.05, 4.69) is 15.4 Å². The minimum Gasteiger partial charge on any atom is -0.378 e. The fourth-order valence-electron chi connectivity index (χ4n) is 2.00. The first-order valence-electron chi connectivity index (χ1n) is 6.11. The highest BCUT2D eigenvalue weighted by atomic mass is 35.5. The molecule has 3 rings (SSSR count). The highest BCUT2D eigenvalue weighted by molar-refractivity contribution is 6.28. The number of nitro benzene ring substituents is 1. The van der Waals surface area contributed by atoms with Gasteiger partial charge in [0.25, 0.3) is 5.69 Å². The van der Waals surface area contributed by atoms with E-state index in [1.54, 1.807) is 16.8 Å². The van der Waals surface area contributed by atoms with E-state index in [1.807, 2.05) is 18.2 Å². The standard InChI is InChI=1S/C13H10ClN5O2/c14-13-16-12-11(5-2-6-18(12)17-13)15-8-9-3-1-4-10(7-9)19(20)21/h1-7,15H,8H2. The maximum Gasteiger partial charge on any atom is 0.269 e. The average Bonchev–Trinajstić information content (AvgIpc) is 2.86. The molecule has 0 unspecified atom stereocenters. The van der Waals surface area contributed by atoms with Crippen LogP contribution in [-0.2, 0) is 6.54 Å². The molecular formula is C13H10ClN5O2. The van der Waals surface area contributed by atoms with Crippen LogP contribution in [0.25, 0.3) is 5.65 Å². The monoisotopic (exact) mass is 303 g/mol. The Kier molecular flexibility index (Phi) is 3.41. The van der Waals surface area contributed by atoms with Gasteiger partial charge in [-0.25, -0.2) is 4.52 Å². The Morgan fingerprint density at radius 1 is 1.33 bits per heavy atom. The number of benzene rings is 1. The van der Waals surface area contributed by atoms with E-state index in [9.17, 15) is 10.1 Å². The molecule has 0 atom stereocenters. The van der Waals surface area contributed by atoms with Gasteiger partial charge in [0.2, 0.25) is 5.28 Å². The van der Waals surface area contributed by atoms with Crippen LogP contribution in [0.5, 0.6) is 0 Å². The lowest BCUT2D eigenvalue weighted by atomic mass is 10.2. The van der Waals surface area contributed by atoms with Gasteiger partial charge in [-0.1, -0.05) is 12.1 Å². The molecule has 2 heterocycles. The van der Waals surface area contributed by atoms with Crippen LogP contribution < -0.4 is 5.32 Å². The lowest BCUT2D eigenvalue weighted by molar-refractivity contribution is -0.384. The van der Waals surface area contributed by atoms with Crippen LogP contribution in [0, 0.1) is 10.1 Å². The highest BCUT2D eigenvalue weighted by Gasteiger charge is 2.08. The van der Waals surface area contributed by atoms with E-state index >= 15 is 0 Å². The highest BCUT2D eigenvalue weighted by Crippen LogP contribution is 2.19. The van der Waals surface area contributed by atoms with Gasteiger partial charge in [-0.2, -0.15) is 4.98 Å². The van der Waals surface area contributed by atoms with Gasteiger partial charge >= 0.3 is 0 Å². The smallest absolute Gasteiger partial charge is 0.269 e. The number of hydrogen-bond acceptors (Lipinski definition) is 5. The van der Waals surface area contributed by atoms with Crippen molar-refractivity contribution in [1.82, 2.24) is 14.6 Å². The Morgan fingerprint density at radius 3 is 3.00 bits per heavy atom. The third-order valence-corrected chi connectivity index (χ3v) is 3.10. The first-order valence-corrected chi connectivity index (χ1v) is 6.49. The maximum atomic E-state index is 10.8. The molecule has 0 spiro atoms. The zero-order chi connectivity index (χ0) is 14.8. The molecule has 1 aromatic carbocycles. The molecule has 3 aromatic rings. The van der Waals surface area contributed by atoms with Crippen LogP contribution >= 0.6 is 11.6 Å². The average molecular weight is 304 g/mol. The molecule has 1 N–H and O–H groups in total. The number of pyridine rings is 1. The van der Waals surface area contributed by atoms with Gasteiger partial charge in [0.15, 0.2) is 5.65 Å². The Hall–Kier alpha value is -2.67. The van der Waals surface area contributed by atoms with E-state index in [1.165, 1.54) is 12.1 Å². The molecule has 0 aliphatic rings. The topological polar surface area (TPSA) is 85.4 Å². The summed E-state index contributed by atoms with van der Waals surface area (Å²) in [6.45, 7) is 0.436. The number of non-ortho nitro benzene ring substituents is 1. The molecule has 21 heavy (non-hydrogen) atoms. The van der Waals surface area contributed by atoms with Gasteiger partial charge in [-0.05, 0) is 29.3 Å². The van der Waals surface area contributed by atoms with Crippen molar-refractivity contribution >= 4 is 28.6 Å². The van der Waals surface area contributed by atoms with Crippen LogP contribution in [0.2, 0.25) is 5.28 Å². The molecule has 106 valence electrons. The molecule has 0 bridgehead atoms. The molecule has 0 aliphatic heterocycles. The van der Waals surface area contributed by atoms with Crippen molar-refractivity contribution in [1.29, 1.82) is 0 Å². The van der Waals surface area contributed by atoms with E-state index < -0.39 is 4.92 Å². The lowest BCUT2D eigenvalue weighted by Crippen LogP contribution is -2.02. The number of aromatic nitrogens is 3. The number of rotatable bonds is 4. The van der Waals surface area contributed by atoms with E-state index in [4.69, 9.17) is 11.6 Å². The molecule has 7 nitrogen and oxygen atoms in total. The second-order valence-corrected chi connectivity index (χ2v) is 4.69. The normalized spacial score (nSPS) is 10.7. The molecule has 0 radical (unpaired) electrons. The fourth-order valence-corrected chi connectivity index (χ4v) is 2.16. The van der Waals surface area contributed by atoms with Crippen molar-refractivity contribution < 1.29 is 4.92 Å². The van der Waals surface area contributed by atoms with Crippen molar-refractivity contribution in [3.05, 3.63) is 63.6 Å². The zero-order valence-corrected chi connectivity index (χ0v) is 11.5. The second-order valence-electron chi connectivity index (χ2n) is 4.35. The molecule has 0 fully saturated rings. The van der Waals surface area contributed by atoms with Gasteiger partial charge in [0.1, 0.15) is 0 Å². The van der Waals surface area contributed by atoms with Crippen molar-refractivity contribution in [2.45, 2.75) is 6.54 Å². The zero-order valence-electron chi connectivity index (χ0n) is 10.7.